The molecule has 0 saturated heterocycles. The number of benzene rings is 6. The molecule has 0 aliphatic carbocycles. The van der Waals surface area contributed by atoms with Gasteiger partial charge in [0.1, 0.15) is 28.7 Å². The summed E-state index contributed by atoms with van der Waals surface area (Å²) in [5.41, 5.74) is 3.47. The number of anilines is 1. The maximum atomic E-state index is 13.5. The molecule has 13 nitrogen and oxygen atoms in total. The zero-order valence-electron chi connectivity index (χ0n) is 37.5. The Labute approximate surface area is 374 Å². The van der Waals surface area contributed by atoms with Gasteiger partial charge in [-0.25, -0.2) is 0 Å². The van der Waals surface area contributed by atoms with E-state index >= 15 is 0 Å². The third-order valence-corrected chi connectivity index (χ3v) is 12.7. The quantitative estimate of drug-likeness (QED) is 0.0336. The van der Waals surface area contributed by atoms with E-state index in [1.165, 1.54) is 30.2 Å². The Kier molecular flexibility index (Phi) is 14.0. The van der Waals surface area contributed by atoms with Crippen molar-refractivity contribution in [3.8, 4) is 28.7 Å². The van der Waals surface area contributed by atoms with E-state index in [4.69, 9.17) is 9.47 Å². The van der Waals surface area contributed by atoms with Crippen LogP contribution in [-0.2, 0) is 25.7 Å². The number of amides is 2. The third-order valence-electron chi connectivity index (χ3n) is 11.9. The Hall–Kier alpha value is -6.51. The van der Waals surface area contributed by atoms with Crippen LogP contribution >= 0.6 is 0 Å². The van der Waals surface area contributed by atoms with Gasteiger partial charge < -0.3 is 30.3 Å². The number of hydrogen-bond acceptors (Lipinski definition) is 10. The van der Waals surface area contributed by atoms with E-state index in [0.717, 1.165) is 24.7 Å². The molecular formula is C50H56N4O9S. The first kappa shape index (κ1) is 47.0. The number of rotatable bonds is 17. The number of nitrogens with one attached hydrogen (secondary N) is 2. The second-order valence-corrected chi connectivity index (χ2v) is 18.6. The van der Waals surface area contributed by atoms with Crippen molar-refractivity contribution in [2.75, 3.05) is 18.5 Å². The Morgan fingerprint density at radius 1 is 0.781 bits per heavy atom. The first-order valence-electron chi connectivity index (χ1n) is 21.3. The number of carbonyl (C=O) groups is 2. The van der Waals surface area contributed by atoms with Gasteiger partial charge in [-0.2, -0.15) is 13.5 Å². The lowest BCUT2D eigenvalue weighted by Gasteiger charge is -2.30. The number of aromatic hydroxyl groups is 2. The number of carbonyl (C=O) groups excluding carboxylic acids is 2. The number of unbranched alkanes of at least 4 members (excludes halogenated alkanes) is 1. The number of ether oxygens (including phenoxy) is 2. The molecule has 5 N–H and O–H groups in total. The molecule has 0 aromatic heterocycles. The second-order valence-electron chi connectivity index (χ2n) is 17.2. The first-order valence-corrected chi connectivity index (χ1v) is 22.7. The lowest BCUT2D eigenvalue weighted by atomic mass is 9.76. The highest BCUT2D eigenvalue weighted by Crippen LogP contribution is 2.44. The molecule has 2 amide bonds. The highest BCUT2D eigenvalue weighted by atomic mass is 32.2. The average Bonchev–Trinajstić information content (AvgIpc) is 3.25. The van der Waals surface area contributed by atoms with Gasteiger partial charge >= 0.3 is 0 Å². The summed E-state index contributed by atoms with van der Waals surface area (Å²) >= 11 is 0. The largest absolute Gasteiger partial charge is 0.506 e. The van der Waals surface area contributed by atoms with Gasteiger partial charge in [0.15, 0.2) is 5.75 Å². The number of hydrogen-bond donors (Lipinski definition) is 5. The van der Waals surface area contributed by atoms with Gasteiger partial charge in [0, 0.05) is 35.2 Å². The van der Waals surface area contributed by atoms with Crippen molar-refractivity contribution in [2.45, 2.75) is 96.8 Å². The molecule has 0 aliphatic rings. The molecule has 14 heteroatoms. The average molecular weight is 889 g/mol. The van der Waals surface area contributed by atoms with E-state index in [-0.39, 0.29) is 50.0 Å². The smallest absolute Gasteiger partial charge is 0.294 e. The minimum Gasteiger partial charge on any atom is -0.506 e. The van der Waals surface area contributed by atoms with E-state index in [9.17, 15) is 32.8 Å². The van der Waals surface area contributed by atoms with Crippen LogP contribution < -0.4 is 20.1 Å². The molecule has 6 aromatic rings. The maximum absolute atomic E-state index is 13.5. The van der Waals surface area contributed by atoms with Crippen molar-refractivity contribution < 1.29 is 42.2 Å². The van der Waals surface area contributed by atoms with Crippen molar-refractivity contribution in [3.05, 3.63) is 113 Å². The molecule has 0 unspecified atom stereocenters. The summed E-state index contributed by atoms with van der Waals surface area (Å²) in [7, 11) is -4.62. The molecule has 0 heterocycles. The van der Waals surface area contributed by atoms with Crippen molar-refractivity contribution in [3.63, 3.8) is 0 Å². The molecule has 0 radical (unpaired) electrons. The van der Waals surface area contributed by atoms with E-state index in [0.29, 0.717) is 59.5 Å². The van der Waals surface area contributed by atoms with Crippen LogP contribution in [0.3, 0.4) is 0 Å². The molecule has 0 saturated carbocycles. The fourth-order valence-corrected chi connectivity index (χ4v) is 7.83. The summed E-state index contributed by atoms with van der Waals surface area (Å²) in [5, 5.41) is 37.9. The number of fused-ring (bicyclic) bond motifs is 2. The molecule has 0 spiro atoms. The summed E-state index contributed by atoms with van der Waals surface area (Å²) in [4.78, 5) is 25.0. The minimum atomic E-state index is -4.62. The van der Waals surface area contributed by atoms with Crippen LogP contribution in [0, 0.1) is 6.92 Å². The minimum absolute atomic E-state index is 0.0322. The molecule has 0 atom stereocenters. The molecule has 0 fully saturated rings. The van der Waals surface area contributed by atoms with Crippen LogP contribution in [-0.4, -0.2) is 48.1 Å². The highest BCUT2D eigenvalue weighted by Gasteiger charge is 2.27. The fourth-order valence-electron chi connectivity index (χ4n) is 7.29. The zero-order valence-corrected chi connectivity index (χ0v) is 38.3. The summed E-state index contributed by atoms with van der Waals surface area (Å²) in [5.74, 6) is 0.176. The molecular weight excluding hydrogens is 833 g/mol. The van der Waals surface area contributed by atoms with E-state index < -0.39 is 26.8 Å². The highest BCUT2D eigenvalue weighted by molar-refractivity contribution is 7.85. The standard InChI is InChI=1S/C50H56N4O9S/c1-9-49(5,6)33-17-22-42(40(27-33)50(7,8)10-2)62-24-14-13-23-51-48(58)39-29-43(37-15-11-12-16-38(37)46(39)56)63-35-20-18-34(19-21-35)53-54-45-30(3)25-32-26-36(64(59,60)61)28-41(52-31(4)55)44(32)47(45)57/h11-12,15-22,25-29,56-57H,9-10,13-14,23-24H2,1-8H3,(H,51,58)(H,52,55)(H,59,60,61). The molecule has 0 aliphatic heterocycles. The SMILES string of the molecule is CCC(C)(C)c1ccc(OCCCCNC(=O)c2cc(Oc3ccc(N=Nc4c(C)cc5cc(S(=O)(=O)O)cc(NC(C)=O)c5c4O)cc3)c3ccccc3c2O)c(C(C)(C)CC)c1. The molecule has 6 aromatic carbocycles. The summed E-state index contributed by atoms with van der Waals surface area (Å²) in [6.07, 6.45) is 3.38. The van der Waals surface area contributed by atoms with E-state index in [1.54, 1.807) is 55.5 Å². The van der Waals surface area contributed by atoms with Crippen molar-refractivity contribution >= 4 is 60.5 Å². The number of phenolic OH excluding ortho intramolecular Hbond substituents is 2. The van der Waals surface area contributed by atoms with Crippen LogP contribution in [0.25, 0.3) is 21.5 Å². The number of nitrogens with zero attached hydrogens (tertiary/aromatic N) is 2. The Morgan fingerprint density at radius 2 is 1.47 bits per heavy atom. The van der Waals surface area contributed by atoms with Crippen molar-refractivity contribution in [1.82, 2.24) is 5.32 Å². The van der Waals surface area contributed by atoms with Gasteiger partial charge in [-0.3, -0.25) is 14.1 Å². The molecule has 336 valence electrons. The van der Waals surface area contributed by atoms with E-state index in [2.05, 4.69) is 80.6 Å². The predicted octanol–water partition coefficient (Wildman–Crippen LogP) is 12.1. The Morgan fingerprint density at radius 3 is 2.12 bits per heavy atom. The summed E-state index contributed by atoms with van der Waals surface area (Å²) < 4.78 is 46.1. The van der Waals surface area contributed by atoms with Crippen molar-refractivity contribution in [2.24, 2.45) is 10.2 Å². The maximum Gasteiger partial charge on any atom is 0.294 e. The van der Waals surface area contributed by atoms with Crippen molar-refractivity contribution in [1.29, 1.82) is 0 Å². The number of azo groups is 1. The third kappa shape index (κ3) is 10.5. The van der Waals surface area contributed by atoms with Gasteiger partial charge in [0.05, 0.1) is 28.4 Å². The van der Waals surface area contributed by atoms with Gasteiger partial charge in [-0.05, 0) is 115 Å². The lowest BCUT2D eigenvalue weighted by molar-refractivity contribution is -0.114. The van der Waals surface area contributed by atoms with Gasteiger partial charge in [0.25, 0.3) is 16.0 Å². The monoisotopic (exact) mass is 888 g/mol. The number of aryl methyl sites for hydroxylation is 1. The van der Waals surface area contributed by atoms with Crippen LogP contribution in [0.15, 0.2) is 106 Å². The van der Waals surface area contributed by atoms with Crippen LogP contribution in [0.4, 0.5) is 17.1 Å². The van der Waals surface area contributed by atoms with Crippen LogP contribution in [0.5, 0.6) is 28.7 Å². The van der Waals surface area contributed by atoms with Crippen LogP contribution in [0.2, 0.25) is 0 Å². The van der Waals surface area contributed by atoms with Gasteiger partial charge in [-0.1, -0.05) is 77.9 Å². The Balaban J connectivity index is 1.13. The predicted molar refractivity (Wildman–Crippen MR) is 251 cm³/mol. The molecule has 64 heavy (non-hydrogen) atoms. The summed E-state index contributed by atoms with van der Waals surface area (Å²) in [6, 6.07) is 25.5. The molecule has 6 rings (SSSR count). The number of phenols is 2. The lowest BCUT2D eigenvalue weighted by Crippen LogP contribution is -2.25. The first-order chi connectivity index (χ1) is 30.2. The van der Waals surface area contributed by atoms with Gasteiger partial charge in [0.2, 0.25) is 5.91 Å². The summed E-state index contributed by atoms with van der Waals surface area (Å²) in [6.45, 7) is 17.1. The normalized spacial score (nSPS) is 12.2. The van der Waals surface area contributed by atoms with E-state index in [1.807, 2.05) is 6.07 Å². The van der Waals surface area contributed by atoms with Gasteiger partial charge in [-0.15, -0.1) is 5.11 Å². The zero-order chi connectivity index (χ0) is 46.6. The topological polar surface area (TPSA) is 196 Å². The second kappa shape index (κ2) is 19.1. The molecule has 0 bridgehead atoms. The van der Waals surface area contributed by atoms with Crippen LogP contribution in [0.1, 0.15) is 101 Å². The fraction of sp³-hybridized carbons (Fsp3) is 0.320. The Bertz CT molecular complexity index is 2870.